The van der Waals surface area contributed by atoms with Crippen LogP contribution in [-0.4, -0.2) is 11.1 Å². The highest BCUT2D eigenvalue weighted by atomic mass is 16.1. The Balaban J connectivity index is 2.23. The first-order valence-corrected chi connectivity index (χ1v) is 6.13. The van der Waals surface area contributed by atoms with E-state index in [1.165, 1.54) is 5.56 Å². The van der Waals surface area contributed by atoms with Gasteiger partial charge in [-0.25, -0.2) is 0 Å². The van der Waals surface area contributed by atoms with Gasteiger partial charge in [-0.05, 0) is 24.1 Å². The average molecular weight is 242 g/mol. The lowest BCUT2D eigenvalue weighted by Gasteiger charge is -2.16. The average Bonchev–Trinajstić information content (AvgIpc) is 2.39. The minimum Gasteiger partial charge on any atom is -0.330 e. The Kier molecular flexibility index (Phi) is 3.95. The molecule has 0 aliphatic rings. The molecular weight excluding hydrogens is 224 g/mol. The Hall–Kier alpha value is -1.87. The van der Waals surface area contributed by atoms with Gasteiger partial charge in [0.1, 0.15) is 0 Å². The van der Waals surface area contributed by atoms with E-state index in [2.05, 4.69) is 12.1 Å². The number of nitrogens with zero attached hydrogens (tertiary/aromatic N) is 1. The van der Waals surface area contributed by atoms with Crippen LogP contribution in [-0.2, 0) is 6.54 Å². The van der Waals surface area contributed by atoms with Crippen molar-refractivity contribution in [1.29, 1.82) is 0 Å². The maximum absolute atomic E-state index is 11.8. The molecule has 1 heterocycles. The molecule has 3 heteroatoms. The standard InChI is InChI=1S/C15H18N2O/c1-12-7-8-17(15(18)9-12)11-14(10-16)13-5-3-2-4-6-13/h2-9,14H,10-11,16H2,1H3. The third kappa shape index (κ3) is 2.87. The third-order valence-corrected chi connectivity index (χ3v) is 3.12. The Morgan fingerprint density at radius 1 is 1.22 bits per heavy atom. The second-order valence-electron chi connectivity index (χ2n) is 4.54. The van der Waals surface area contributed by atoms with Gasteiger partial charge in [0.25, 0.3) is 5.56 Å². The number of pyridine rings is 1. The highest BCUT2D eigenvalue weighted by molar-refractivity contribution is 5.20. The van der Waals surface area contributed by atoms with Crippen molar-refractivity contribution in [2.45, 2.75) is 19.4 Å². The molecule has 2 aromatic rings. The van der Waals surface area contributed by atoms with Crippen LogP contribution in [0.2, 0.25) is 0 Å². The molecule has 18 heavy (non-hydrogen) atoms. The van der Waals surface area contributed by atoms with Crippen molar-refractivity contribution in [1.82, 2.24) is 4.57 Å². The zero-order valence-electron chi connectivity index (χ0n) is 10.5. The first-order valence-electron chi connectivity index (χ1n) is 6.13. The Morgan fingerprint density at radius 2 is 1.94 bits per heavy atom. The van der Waals surface area contributed by atoms with Crippen molar-refractivity contribution in [3.05, 3.63) is 70.1 Å². The fourth-order valence-corrected chi connectivity index (χ4v) is 2.04. The Labute approximate surface area is 107 Å². The fourth-order valence-electron chi connectivity index (χ4n) is 2.04. The molecule has 1 aromatic carbocycles. The summed E-state index contributed by atoms with van der Waals surface area (Å²) in [5.74, 6) is 0.173. The summed E-state index contributed by atoms with van der Waals surface area (Å²) in [7, 11) is 0. The van der Waals surface area contributed by atoms with Gasteiger partial charge in [0, 0.05) is 31.3 Å². The summed E-state index contributed by atoms with van der Waals surface area (Å²) in [5.41, 5.74) is 8.01. The molecule has 2 rings (SSSR count). The first kappa shape index (κ1) is 12.6. The van der Waals surface area contributed by atoms with Crippen molar-refractivity contribution in [2.24, 2.45) is 5.73 Å². The summed E-state index contributed by atoms with van der Waals surface area (Å²) >= 11 is 0. The summed E-state index contributed by atoms with van der Waals surface area (Å²) in [6.45, 7) is 3.08. The minimum absolute atomic E-state index is 0.0318. The molecule has 3 nitrogen and oxygen atoms in total. The van der Waals surface area contributed by atoms with E-state index in [0.29, 0.717) is 13.1 Å². The molecular formula is C15H18N2O. The molecule has 0 fully saturated rings. The number of nitrogens with two attached hydrogens (primary N) is 1. The number of rotatable bonds is 4. The van der Waals surface area contributed by atoms with Gasteiger partial charge in [0.05, 0.1) is 0 Å². The van der Waals surface area contributed by atoms with Crippen molar-refractivity contribution < 1.29 is 0 Å². The van der Waals surface area contributed by atoms with Crippen LogP contribution in [0.5, 0.6) is 0 Å². The summed E-state index contributed by atoms with van der Waals surface area (Å²) in [6, 6.07) is 13.7. The van der Waals surface area contributed by atoms with Crippen molar-refractivity contribution in [3.63, 3.8) is 0 Å². The minimum atomic E-state index is 0.0318. The zero-order chi connectivity index (χ0) is 13.0. The molecule has 1 unspecified atom stereocenters. The largest absolute Gasteiger partial charge is 0.330 e. The van der Waals surface area contributed by atoms with Gasteiger partial charge in [-0.2, -0.15) is 0 Å². The topological polar surface area (TPSA) is 48.0 Å². The number of hydrogen-bond acceptors (Lipinski definition) is 2. The Morgan fingerprint density at radius 3 is 2.56 bits per heavy atom. The van der Waals surface area contributed by atoms with Gasteiger partial charge in [0.2, 0.25) is 0 Å². The van der Waals surface area contributed by atoms with E-state index < -0.39 is 0 Å². The number of hydrogen-bond donors (Lipinski definition) is 1. The maximum atomic E-state index is 11.8. The quantitative estimate of drug-likeness (QED) is 0.890. The van der Waals surface area contributed by atoms with E-state index >= 15 is 0 Å². The smallest absolute Gasteiger partial charge is 0.250 e. The second kappa shape index (κ2) is 5.65. The molecule has 1 aromatic heterocycles. The molecule has 94 valence electrons. The summed E-state index contributed by atoms with van der Waals surface area (Å²) < 4.78 is 1.72. The lowest BCUT2D eigenvalue weighted by molar-refractivity contribution is 0.552. The number of benzene rings is 1. The van der Waals surface area contributed by atoms with Crippen LogP contribution in [0.3, 0.4) is 0 Å². The van der Waals surface area contributed by atoms with Gasteiger partial charge in [-0.3, -0.25) is 4.79 Å². The number of aryl methyl sites for hydroxylation is 1. The SMILES string of the molecule is Cc1ccn(CC(CN)c2ccccc2)c(=O)c1. The molecule has 0 spiro atoms. The van der Waals surface area contributed by atoms with E-state index in [-0.39, 0.29) is 11.5 Å². The fraction of sp³-hybridized carbons (Fsp3) is 0.267. The highest BCUT2D eigenvalue weighted by Gasteiger charge is 2.10. The molecule has 0 amide bonds. The molecule has 0 aliphatic carbocycles. The van der Waals surface area contributed by atoms with E-state index in [4.69, 9.17) is 5.73 Å². The first-order chi connectivity index (χ1) is 8.70. The molecule has 1 atom stereocenters. The van der Waals surface area contributed by atoms with E-state index in [9.17, 15) is 4.79 Å². The predicted molar refractivity (Wildman–Crippen MR) is 73.7 cm³/mol. The molecule has 0 saturated heterocycles. The monoisotopic (exact) mass is 242 g/mol. The highest BCUT2D eigenvalue weighted by Crippen LogP contribution is 2.15. The Bertz CT molecular complexity index is 560. The van der Waals surface area contributed by atoms with Gasteiger partial charge in [-0.1, -0.05) is 30.3 Å². The zero-order valence-corrected chi connectivity index (χ0v) is 10.5. The second-order valence-corrected chi connectivity index (χ2v) is 4.54. The van der Waals surface area contributed by atoms with Crippen LogP contribution in [0, 0.1) is 6.92 Å². The summed E-state index contributed by atoms with van der Waals surface area (Å²) in [6.07, 6.45) is 1.84. The van der Waals surface area contributed by atoms with E-state index in [1.807, 2.05) is 37.4 Å². The summed E-state index contributed by atoms with van der Waals surface area (Å²) in [5, 5.41) is 0. The molecule has 0 bridgehead atoms. The van der Waals surface area contributed by atoms with Crippen LogP contribution < -0.4 is 11.3 Å². The lowest BCUT2D eigenvalue weighted by Crippen LogP contribution is -2.25. The van der Waals surface area contributed by atoms with Crippen molar-refractivity contribution in [3.8, 4) is 0 Å². The normalized spacial score (nSPS) is 12.3. The molecule has 0 radical (unpaired) electrons. The van der Waals surface area contributed by atoms with Crippen LogP contribution in [0.4, 0.5) is 0 Å². The predicted octanol–water partition coefficient (Wildman–Crippen LogP) is 1.90. The van der Waals surface area contributed by atoms with Gasteiger partial charge < -0.3 is 10.3 Å². The van der Waals surface area contributed by atoms with Crippen molar-refractivity contribution >= 4 is 0 Å². The van der Waals surface area contributed by atoms with Gasteiger partial charge in [-0.15, -0.1) is 0 Å². The van der Waals surface area contributed by atoms with Crippen LogP contribution in [0.15, 0.2) is 53.5 Å². The van der Waals surface area contributed by atoms with E-state index in [1.54, 1.807) is 10.6 Å². The van der Waals surface area contributed by atoms with Crippen LogP contribution >= 0.6 is 0 Å². The van der Waals surface area contributed by atoms with Crippen LogP contribution in [0.1, 0.15) is 17.0 Å². The lowest BCUT2D eigenvalue weighted by atomic mass is 9.99. The van der Waals surface area contributed by atoms with Gasteiger partial charge >= 0.3 is 0 Å². The van der Waals surface area contributed by atoms with Crippen molar-refractivity contribution in [2.75, 3.05) is 6.54 Å². The number of aromatic nitrogens is 1. The molecule has 0 saturated carbocycles. The van der Waals surface area contributed by atoms with Crippen LogP contribution in [0.25, 0.3) is 0 Å². The molecule has 0 aliphatic heterocycles. The maximum Gasteiger partial charge on any atom is 0.250 e. The summed E-state index contributed by atoms with van der Waals surface area (Å²) in [4.78, 5) is 11.8. The third-order valence-electron chi connectivity index (χ3n) is 3.12. The van der Waals surface area contributed by atoms with E-state index in [0.717, 1.165) is 5.56 Å². The van der Waals surface area contributed by atoms with Gasteiger partial charge in [0.15, 0.2) is 0 Å². The molecule has 2 N–H and O–H groups in total.